The van der Waals surface area contributed by atoms with Crippen LogP contribution in [0.4, 0.5) is 0 Å². The Kier molecular flexibility index (Phi) is 8.90. The molecule has 1 heteroatoms. The van der Waals surface area contributed by atoms with Crippen LogP contribution in [0.15, 0.2) is 78.9 Å². The highest BCUT2D eigenvalue weighted by atomic mass is 16.1. The highest BCUT2D eigenvalue weighted by Gasteiger charge is 2.25. The van der Waals surface area contributed by atoms with Gasteiger partial charge in [0, 0.05) is 12.8 Å². The van der Waals surface area contributed by atoms with Crippen molar-refractivity contribution in [2.24, 2.45) is 0 Å². The molecule has 35 heavy (non-hydrogen) atoms. The molecule has 0 spiro atoms. The fraction of sp³-hybridized carbons (Fsp3) is 0.324. The molecule has 0 aliphatic heterocycles. The Balaban J connectivity index is 1.30. The van der Waals surface area contributed by atoms with Crippen molar-refractivity contribution >= 4 is 17.9 Å². The molecule has 0 fully saturated rings. The van der Waals surface area contributed by atoms with Gasteiger partial charge in [-0.15, -0.1) is 0 Å². The SMILES string of the molecule is CCC(=O)CC1Cc2ccccc2-c2ccc(/C=C\CCCCC/C=C\c3cccc(C)c3)cc21. The minimum Gasteiger partial charge on any atom is -0.300 e. The van der Waals surface area contributed by atoms with Gasteiger partial charge in [-0.25, -0.2) is 0 Å². The third-order valence-corrected chi connectivity index (χ3v) is 7.06. The molecule has 0 aromatic heterocycles. The second-order valence-electron chi connectivity index (χ2n) is 9.86. The summed E-state index contributed by atoms with van der Waals surface area (Å²) in [5, 5.41) is 0. The van der Waals surface area contributed by atoms with Gasteiger partial charge in [-0.3, -0.25) is 4.79 Å². The van der Waals surface area contributed by atoms with Crippen LogP contribution < -0.4 is 0 Å². The smallest absolute Gasteiger partial charge is 0.133 e. The Hall–Kier alpha value is -3.19. The topological polar surface area (TPSA) is 17.1 Å². The summed E-state index contributed by atoms with van der Waals surface area (Å²) in [5.74, 6) is 0.642. The standard InChI is InChI=1S/C34H38O/c1-3-31(35)25-30-24-29-18-11-12-19-32(29)33-21-20-28(23-34(30)33)16-10-8-6-4-5-7-9-15-27-17-13-14-26(2)22-27/h9-23,30H,3-8,24-25H2,1-2H3/b15-9-,16-10-. The fourth-order valence-corrected chi connectivity index (χ4v) is 5.12. The number of hydrogen-bond acceptors (Lipinski definition) is 1. The Morgan fingerprint density at radius 1 is 0.829 bits per heavy atom. The van der Waals surface area contributed by atoms with Crippen molar-refractivity contribution in [3.8, 4) is 11.1 Å². The Morgan fingerprint density at radius 2 is 1.57 bits per heavy atom. The van der Waals surface area contributed by atoms with E-state index in [1.54, 1.807) is 0 Å². The molecular formula is C34H38O. The molecule has 1 nitrogen and oxygen atoms in total. The lowest BCUT2D eigenvalue weighted by atomic mass is 9.76. The molecule has 0 N–H and O–H groups in total. The van der Waals surface area contributed by atoms with E-state index in [0.717, 1.165) is 19.3 Å². The Bertz CT molecular complexity index is 1200. The van der Waals surface area contributed by atoms with Crippen LogP contribution >= 0.6 is 0 Å². The first-order chi connectivity index (χ1) is 17.1. The summed E-state index contributed by atoms with van der Waals surface area (Å²) in [5.41, 5.74) is 9.19. The van der Waals surface area contributed by atoms with E-state index in [9.17, 15) is 4.79 Å². The van der Waals surface area contributed by atoms with E-state index in [4.69, 9.17) is 0 Å². The zero-order valence-electron chi connectivity index (χ0n) is 21.3. The van der Waals surface area contributed by atoms with Crippen LogP contribution in [0.3, 0.4) is 0 Å². The number of rotatable bonds is 11. The zero-order valence-corrected chi connectivity index (χ0v) is 21.3. The van der Waals surface area contributed by atoms with E-state index in [2.05, 4.69) is 98.0 Å². The van der Waals surface area contributed by atoms with E-state index in [1.807, 2.05) is 6.92 Å². The van der Waals surface area contributed by atoms with Gasteiger partial charge in [0.25, 0.3) is 0 Å². The molecule has 1 atom stereocenters. The number of unbranched alkanes of at least 4 members (excludes halogenated alkanes) is 4. The number of ketones is 1. The van der Waals surface area contributed by atoms with Crippen molar-refractivity contribution in [1.29, 1.82) is 0 Å². The normalized spacial score (nSPS) is 14.9. The van der Waals surface area contributed by atoms with Gasteiger partial charge in [0.1, 0.15) is 5.78 Å². The number of aryl methyl sites for hydroxylation is 1. The summed E-state index contributed by atoms with van der Waals surface area (Å²) < 4.78 is 0. The fourth-order valence-electron chi connectivity index (χ4n) is 5.12. The highest BCUT2D eigenvalue weighted by molar-refractivity contribution is 5.82. The molecule has 3 aromatic carbocycles. The number of benzene rings is 3. The first-order valence-electron chi connectivity index (χ1n) is 13.3. The lowest BCUT2D eigenvalue weighted by molar-refractivity contribution is -0.119. The summed E-state index contributed by atoms with van der Waals surface area (Å²) in [6.07, 6.45) is 17.3. The van der Waals surface area contributed by atoms with Crippen molar-refractivity contribution in [3.05, 3.63) is 107 Å². The van der Waals surface area contributed by atoms with Crippen LogP contribution in [0.5, 0.6) is 0 Å². The molecule has 1 unspecified atom stereocenters. The third kappa shape index (κ3) is 6.92. The predicted molar refractivity (Wildman–Crippen MR) is 151 cm³/mol. The summed E-state index contributed by atoms with van der Waals surface area (Å²) >= 11 is 0. The van der Waals surface area contributed by atoms with Crippen LogP contribution in [-0.4, -0.2) is 5.78 Å². The molecule has 180 valence electrons. The molecule has 0 bridgehead atoms. The van der Waals surface area contributed by atoms with Gasteiger partial charge < -0.3 is 0 Å². The van der Waals surface area contributed by atoms with Gasteiger partial charge in [0.2, 0.25) is 0 Å². The Labute approximate surface area is 211 Å². The van der Waals surface area contributed by atoms with E-state index in [0.29, 0.717) is 18.6 Å². The number of allylic oxidation sites excluding steroid dienone is 2. The molecular weight excluding hydrogens is 424 g/mol. The number of Topliss-reactive ketones (excluding diaryl/α,β-unsaturated/α-hetero) is 1. The predicted octanol–water partition coefficient (Wildman–Crippen LogP) is 9.35. The Morgan fingerprint density at radius 3 is 2.31 bits per heavy atom. The maximum Gasteiger partial charge on any atom is 0.133 e. The largest absolute Gasteiger partial charge is 0.300 e. The molecule has 0 saturated carbocycles. The van der Waals surface area contributed by atoms with Crippen molar-refractivity contribution in [3.63, 3.8) is 0 Å². The highest BCUT2D eigenvalue weighted by Crippen LogP contribution is 2.41. The zero-order chi connectivity index (χ0) is 24.5. The van der Waals surface area contributed by atoms with Crippen molar-refractivity contribution in [2.75, 3.05) is 0 Å². The molecule has 4 rings (SSSR count). The van der Waals surface area contributed by atoms with Crippen molar-refractivity contribution in [1.82, 2.24) is 0 Å². The van der Waals surface area contributed by atoms with Gasteiger partial charge in [0.15, 0.2) is 0 Å². The minimum absolute atomic E-state index is 0.286. The average Bonchev–Trinajstić information content (AvgIpc) is 2.87. The van der Waals surface area contributed by atoms with E-state index < -0.39 is 0 Å². The lowest BCUT2D eigenvalue weighted by Crippen LogP contribution is -2.15. The van der Waals surface area contributed by atoms with Crippen LogP contribution in [0, 0.1) is 6.92 Å². The summed E-state index contributed by atoms with van der Waals surface area (Å²) in [6, 6.07) is 24.1. The maximum absolute atomic E-state index is 12.3. The van der Waals surface area contributed by atoms with Crippen molar-refractivity contribution < 1.29 is 4.79 Å². The van der Waals surface area contributed by atoms with E-state index in [-0.39, 0.29) is 5.92 Å². The van der Waals surface area contributed by atoms with Gasteiger partial charge in [0.05, 0.1) is 0 Å². The number of carbonyl (C=O) groups excluding carboxylic acids is 1. The lowest BCUT2D eigenvalue weighted by Gasteiger charge is -2.28. The average molecular weight is 463 g/mol. The van der Waals surface area contributed by atoms with Crippen LogP contribution in [0.25, 0.3) is 23.3 Å². The van der Waals surface area contributed by atoms with Crippen molar-refractivity contribution in [2.45, 2.75) is 71.1 Å². The summed E-state index contributed by atoms with van der Waals surface area (Å²) in [4.78, 5) is 12.3. The van der Waals surface area contributed by atoms with Gasteiger partial charge in [-0.2, -0.15) is 0 Å². The summed E-state index contributed by atoms with van der Waals surface area (Å²) in [6.45, 7) is 4.11. The first-order valence-corrected chi connectivity index (χ1v) is 13.3. The van der Waals surface area contributed by atoms with Crippen LogP contribution in [0.2, 0.25) is 0 Å². The first kappa shape index (κ1) is 24.9. The van der Waals surface area contributed by atoms with Gasteiger partial charge in [-0.05, 0) is 78.3 Å². The summed E-state index contributed by atoms with van der Waals surface area (Å²) in [7, 11) is 0. The minimum atomic E-state index is 0.286. The van der Waals surface area contributed by atoms with Gasteiger partial charge in [-0.1, -0.05) is 110 Å². The number of carbonyl (C=O) groups is 1. The molecule has 1 aliphatic carbocycles. The number of fused-ring (bicyclic) bond motifs is 3. The van der Waals surface area contributed by atoms with Crippen LogP contribution in [-0.2, 0) is 11.2 Å². The third-order valence-electron chi connectivity index (χ3n) is 7.06. The maximum atomic E-state index is 12.3. The molecule has 0 heterocycles. The second kappa shape index (κ2) is 12.5. The molecule has 0 radical (unpaired) electrons. The van der Waals surface area contributed by atoms with Crippen LogP contribution in [0.1, 0.15) is 85.6 Å². The number of hydrogen-bond donors (Lipinski definition) is 0. The second-order valence-corrected chi connectivity index (χ2v) is 9.86. The monoisotopic (exact) mass is 462 g/mol. The molecule has 1 aliphatic rings. The van der Waals surface area contributed by atoms with E-state index >= 15 is 0 Å². The van der Waals surface area contributed by atoms with Gasteiger partial charge >= 0.3 is 0 Å². The molecule has 3 aromatic rings. The molecule has 0 saturated heterocycles. The molecule has 0 amide bonds. The van der Waals surface area contributed by atoms with E-state index in [1.165, 1.54) is 58.2 Å². The quantitative estimate of drug-likeness (QED) is 0.259.